The molecule has 0 bridgehead atoms. The fourth-order valence-electron chi connectivity index (χ4n) is 3.89. The number of Topliss-reactive ketones (excluding diaryl/α,β-unsaturated/α-hetero) is 1. The van der Waals surface area contributed by atoms with Crippen LogP contribution in [0.2, 0.25) is 0 Å². The number of aryl methyl sites for hydroxylation is 1. The topological polar surface area (TPSA) is 99.0 Å². The fourth-order valence-corrected chi connectivity index (χ4v) is 3.89. The molecule has 2 atom stereocenters. The molecule has 0 radical (unpaired) electrons. The Morgan fingerprint density at radius 1 is 1.06 bits per heavy atom. The maximum absolute atomic E-state index is 12.9. The van der Waals surface area contributed by atoms with Gasteiger partial charge in [0.15, 0.2) is 0 Å². The first kappa shape index (κ1) is 23.3. The highest BCUT2D eigenvalue weighted by Crippen LogP contribution is 2.43. The van der Waals surface area contributed by atoms with E-state index in [2.05, 4.69) is 0 Å². The lowest BCUT2D eigenvalue weighted by atomic mass is 9.96. The van der Waals surface area contributed by atoms with Crippen molar-refractivity contribution in [3.05, 3.63) is 111 Å². The number of hydroxylamine groups is 2. The highest BCUT2D eigenvalue weighted by atomic mass is 16.8. The first-order chi connectivity index (χ1) is 16.3. The number of carbonyl (C=O) groups excluding carboxylic acids is 2. The molecule has 3 aromatic carbocycles. The van der Waals surface area contributed by atoms with Gasteiger partial charge in [0, 0.05) is 32.0 Å². The first-order valence-electron chi connectivity index (χ1n) is 10.8. The maximum atomic E-state index is 12.9. The Morgan fingerprint density at radius 3 is 2.29 bits per heavy atom. The van der Waals surface area contributed by atoms with Crippen molar-refractivity contribution in [1.29, 1.82) is 0 Å². The number of ether oxygens (including phenoxy) is 1. The van der Waals surface area contributed by atoms with E-state index >= 15 is 0 Å². The molecule has 0 N–H and O–H groups in total. The van der Waals surface area contributed by atoms with E-state index in [0.717, 1.165) is 16.7 Å². The van der Waals surface area contributed by atoms with Gasteiger partial charge >= 0.3 is 5.97 Å². The molecule has 0 unspecified atom stereocenters. The zero-order valence-corrected chi connectivity index (χ0v) is 18.8. The van der Waals surface area contributed by atoms with E-state index in [1.165, 1.54) is 31.2 Å². The van der Waals surface area contributed by atoms with E-state index in [0.29, 0.717) is 6.54 Å². The van der Waals surface area contributed by atoms with Crippen molar-refractivity contribution in [3.63, 3.8) is 0 Å². The molecule has 0 aliphatic carbocycles. The number of carbonyl (C=O) groups is 2. The maximum Gasteiger partial charge on any atom is 0.341 e. The number of non-ortho nitro benzene ring substituents is 1. The molecule has 1 aliphatic heterocycles. The van der Waals surface area contributed by atoms with E-state index < -0.39 is 22.5 Å². The summed E-state index contributed by atoms with van der Waals surface area (Å²) in [5, 5.41) is 12.6. The van der Waals surface area contributed by atoms with E-state index in [1.54, 1.807) is 5.06 Å². The minimum atomic E-state index is -1.82. The molecule has 174 valence electrons. The summed E-state index contributed by atoms with van der Waals surface area (Å²) in [4.78, 5) is 42.1. The third-order valence-electron chi connectivity index (χ3n) is 5.83. The van der Waals surface area contributed by atoms with Gasteiger partial charge in [0.25, 0.3) is 11.5 Å². The van der Waals surface area contributed by atoms with Crippen LogP contribution in [-0.2, 0) is 20.9 Å². The SMILES string of the molecule is CC(=O)[C@]1(OC(=O)c2ccc([N+](=O)[O-])cc2)C[C@H](c2ccc(C)cc2)N(Cc2ccccc2)O1. The molecule has 0 spiro atoms. The number of nitro groups is 1. The summed E-state index contributed by atoms with van der Waals surface area (Å²) in [6, 6.07) is 22.2. The number of benzene rings is 3. The van der Waals surface area contributed by atoms with Crippen LogP contribution in [0.25, 0.3) is 0 Å². The Bertz CT molecular complexity index is 1190. The molecule has 0 aromatic heterocycles. The smallest absolute Gasteiger partial charge is 0.341 e. The number of ketones is 1. The Hall–Kier alpha value is -3.88. The van der Waals surface area contributed by atoms with Crippen LogP contribution >= 0.6 is 0 Å². The summed E-state index contributed by atoms with van der Waals surface area (Å²) in [5.41, 5.74) is 2.93. The van der Waals surface area contributed by atoms with Crippen LogP contribution in [-0.4, -0.2) is 27.5 Å². The van der Waals surface area contributed by atoms with Gasteiger partial charge in [0.2, 0.25) is 5.78 Å². The van der Waals surface area contributed by atoms with Crippen LogP contribution in [0.15, 0.2) is 78.9 Å². The Labute approximate surface area is 196 Å². The standard InChI is InChI=1S/C26H24N2O6/c1-18-8-10-21(11-9-18)24-16-26(19(2)29,34-27(24)17-20-6-4-3-5-7-20)33-25(30)22-12-14-23(15-13-22)28(31)32/h3-15,24H,16-17H2,1-2H3/t24-,26+/m1/s1. The van der Waals surface area contributed by atoms with Gasteiger partial charge in [-0.25, -0.2) is 9.63 Å². The Kier molecular flexibility index (Phi) is 6.54. The first-order valence-corrected chi connectivity index (χ1v) is 10.8. The lowest BCUT2D eigenvalue weighted by Gasteiger charge is -2.26. The van der Waals surface area contributed by atoms with Crippen LogP contribution in [0.5, 0.6) is 0 Å². The second-order valence-electron chi connectivity index (χ2n) is 8.29. The minimum Gasteiger partial charge on any atom is -0.420 e. The number of hydrogen-bond donors (Lipinski definition) is 0. The quantitative estimate of drug-likeness (QED) is 0.280. The number of esters is 1. The van der Waals surface area contributed by atoms with Crippen LogP contribution < -0.4 is 0 Å². The predicted octanol–water partition coefficient (Wildman–Crippen LogP) is 4.92. The molecule has 0 saturated carbocycles. The van der Waals surface area contributed by atoms with Gasteiger partial charge < -0.3 is 4.74 Å². The summed E-state index contributed by atoms with van der Waals surface area (Å²) in [6.07, 6.45) is 0.108. The van der Waals surface area contributed by atoms with Gasteiger partial charge in [-0.2, -0.15) is 5.06 Å². The van der Waals surface area contributed by atoms with Gasteiger partial charge in [-0.1, -0.05) is 60.2 Å². The molecule has 1 fully saturated rings. The molecule has 4 rings (SSSR count). The van der Waals surface area contributed by atoms with Crippen molar-refractivity contribution < 1.29 is 24.1 Å². The number of nitrogens with zero attached hydrogens (tertiary/aromatic N) is 2. The van der Waals surface area contributed by atoms with Crippen molar-refractivity contribution in [2.45, 2.75) is 38.6 Å². The van der Waals surface area contributed by atoms with Gasteiger partial charge in [-0.15, -0.1) is 0 Å². The molecule has 1 aliphatic rings. The van der Waals surface area contributed by atoms with E-state index in [4.69, 9.17) is 9.57 Å². The summed E-state index contributed by atoms with van der Waals surface area (Å²) in [7, 11) is 0. The number of rotatable bonds is 7. The van der Waals surface area contributed by atoms with Gasteiger partial charge in [-0.3, -0.25) is 14.9 Å². The van der Waals surface area contributed by atoms with Crippen LogP contribution in [0.1, 0.15) is 46.4 Å². The zero-order valence-electron chi connectivity index (χ0n) is 18.8. The Morgan fingerprint density at radius 2 is 1.71 bits per heavy atom. The molecule has 1 heterocycles. The van der Waals surface area contributed by atoms with Crippen molar-refractivity contribution in [1.82, 2.24) is 5.06 Å². The van der Waals surface area contributed by atoms with Crippen molar-refractivity contribution in [3.8, 4) is 0 Å². The van der Waals surface area contributed by atoms with Crippen LogP contribution in [0, 0.1) is 17.0 Å². The van der Waals surface area contributed by atoms with E-state index in [-0.39, 0.29) is 23.7 Å². The van der Waals surface area contributed by atoms with Crippen LogP contribution in [0.3, 0.4) is 0 Å². The summed E-state index contributed by atoms with van der Waals surface area (Å²) in [6.45, 7) is 3.69. The molecule has 8 nitrogen and oxygen atoms in total. The third kappa shape index (κ3) is 4.88. The highest BCUT2D eigenvalue weighted by Gasteiger charge is 2.53. The zero-order chi connectivity index (χ0) is 24.3. The predicted molar refractivity (Wildman–Crippen MR) is 124 cm³/mol. The average molecular weight is 460 g/mol. The molecule has 1 saturated heterocycles. The summed E-state index contributed by atoms with van der Waals surface area (Å²) < 4.78 is 5.67. The van der Waals surface area contributed by atoms with Crippen LogP contribution in [0.4, 0.5) is 5.69 Å². The third-order valence-corrected chi connectivity index (χ3v) is 5.83. The lowest BCUT2D eigenvalue weighted by Crippen LogP contribution is -2.42. The van der Waals surface area contributed by atoms with Gasteiger partial charge in [-0.05, 0) is 30.2 Å². The molecule has 8 heteroatoms. The fraction of sp³-hybridized carbons (Fsp3) is 0.231. The largest absolute Gasteiger partial charge is 0.420 e. The molecule has 0 amide bonds. The summed E-state index contributed by atoms with van der Waals surface area (Å²) in [5.74, 6) is -3.06. The second-order valence-corrected chi connectivity index (χ2v) is 8.29. The summed E-state index contributed by atoms with van der Waals surface area (Å²) >= 11 is 0. The van der Waals surface area contributed by atoms with Gasteiger partial charge in [0.05, 0.1) is 16.5 Å². The van der Waals surface area contributed by atoms with Crippen molar-refractivity contribution in [2.75, 3.05) is 0 Å². The minimum absolute atomic E-state index is 0.0863. The second kappa shape index (κ2) is 9.54. The molecule has 3 aromatic rings. The Balaban J connectivity index is 1.64. The normalized spacial score (nSPS) is 20.1. The number of hydrogen-bond acceptors (Lipinski definition) is 7. The van der Waals surface area contributed by atoms with Crippen molar-refractivity contribution >= 4 is 17.4 Å². The number of nitro benzene ring substituents is 1. The highest BCUT2D eigenvalue weighted by molar-refractivity contribution is 5.93. The monoisotopic (exact) mass is 460 g/mol. The molecular weight excluding hydrogens is 436 g/mol. The van der Waals surface area contributed by atoms with Crippen molar-refractivity contribution in [2.24, 2.45) is 0 Å². The lowest BCUT2D eigenvalue weighted by molar-refractivity contribution is -0.384. The average Bonchev–Trinajstić information content (AvgIpc) is 3.19. The molecular formula is C26H24N2O6. The van der Waals surface area contributed by atoms with E-state index in [1.807, 2.05) is 61.5 Å². The van der Waals surface area contributed by atoms with Gasteiger partial charge in [0.1, 0.15) is 0 Å². The van der Waals surface area contributed by atoms with E-state index in [9.17, 15) is 19.7 Å². The molecule has 34 heavy (non-hydrogen) atoms.